The maximum Gasteiger partial charge on any atom is 0.202 e. The number of Topliss-reactive ketones (excluding diaryl/α,β-unsaturated/α-hetero) is 1. The van der Waals surface area contributed by atoms with Crippen molar-refractivity contribution in [1.29, 1.82) is 0 Å². The Balaban J connectivity index is 1.96. The molecule has 1 heterocycles. The third-order valence-corrected chi connectivity index (χ3v) is 4.99. The van der Waals surface area contributed by atoms with Crippen molar-refractivity contribution in [3.8, 4) is 17.4 Å². The molecule has 22 heavy (non-hydrogen) atoms. The average Bonchev–Trinajstić information content (AvgIpc) is 2.76. The fourth-order valence-corrected chi connectivity index (χ4v) is 3.91. The number of ketones is 1. The molecule has 0 spiro atoms. The van der Waals surface area contributed by atoms with Gasteiger partial charge in [0.1, 0.15) is 11.6 Å². The lowest BCUT2D eigenvalue weighted by molar-refractivity contribution is -0.123. The molecule has 0 unspecified atom stereocenters. The number of halogens is 1. The number of benzene rings is 1. The van der Waals surface area contributed by atoms with E-state index in [1.807, 2.05) is 0 Å². The van der Waals surface area contributed by atoms with Crippen molar-refractivity contribution in [3.63, 3.8) is 0 Å². The van der Waals surface area contributed by atoms with E-state index in [9.17, 15) is 19.4 Å². The summed E-state index contributed by atoms with van der Waals surface area (Å²) in [5.74, 6) is -0.682. The lowest BCUT2D eigenvalue weighted by Crippen LogP contribution is -2.28. The molecule has 2 N–H and O–H groups in total. The number of aryl methyl sites for hydroxylation is 1. The van der Waals surface area contributed by atoms with Gasteiger partial charge in [-0.05, 0) is 49.4 Å². The van der Waals surface area contributed by atoms with Gasteiger partial charge in [0.25, 0.3) is 0 Å². The van der Waals surface area contributed by atoms with Crippen LogP contribution in [0.2, 0.25) is 0 Å². The fourth-order valence-electron chi connectivity index (χ4n) is 3.91. The number of carbonyl (C=O) groups is 1. The fraction of sp³-hybridized carbons (Fsp3) is 0.353. The lowest BCUT2D eigenvalue weighted by atomic mass is 9.67. The molecule has 2 atom stereocenters. The van der Waals surface area contributed by atoms with Gasteiger partial charge >= 0.3 is 0 Å². The van der Waals surface area contributed by atoms with E-state index in [0.717, 1.165) is 12.8 Å². The zero-order valence-electron chi connectivity index (χ0n) is 12.1. The van der Waals surface area contributed by atoms with Gasteiger partial charge in [0.05, 0.1) is 5.69 Å². The number of aromatic nitrogens is 1. The topological polar surface area (TPSA) is 62.5 Å². The SMILES string of the molecule is Cc1cc(-n2c(O)c3c(c2O)[C@@H]2CC[C@H]3CC2=O)ccc1F. The summed E-state index contributed by atoms with van der Waals surface area (Å²) in [6.45, 7) is 1.63. The first kappa shape index (κ1) is 13.4. The first-order chi connectivity index (χ1) is 10.5. The van der Waals surface area contributed by atoms with Crippen LogP contribution < -0.4 is 0 Å². The van der Waals surface area contributed by atoms with Gasteiger partial charge in [-0.25, -0.2) is 4.39 Å². The second-order valence-corrected chi connectivity index (χ2v) is 6.24. The molecule has 3 aliphatic carbocycles. The molecular weight excluding hydrogens is 285 g/mol. The molecule has 4 nitrogen and oxygen atoms in total. The van der Waals surface area contributed by atoms with E-state index in [4.69, 9.17) is 0 Å². The Kier molecular flexibility index (Phi) is 2.64. The third-order valence-electron chi connectivity index (χ3n) is 4.99. The maximum absolute atomic E-state index is 13.4. The van der Waals surface area contributed by atoms with Gasteiger partial charge in [-0.15, -0.1) is 0 Å². The molecule has 1 aromatic carbocycles. The van der Waals surface area contributed by atoms with Crippen molar-refractivity contribution >= 4 is 5.78 Å². The molecule has 1 aromatic heterocycles. The molecule has 2 aromatic rings. The largest absolute Gasteiger partial charge is 0.494 e. The Bertz CT molecular complexity index is 809. The Morgan fingerprint density at radius 3 is 2.59 bits per heavy atom. The molecule has 0 radical (unpaired) electrons. The molecule has 2 bridgehead atoms. The van der Waals surface area contributed by atoms with E-state index in [2.05, 4.69) is 0 Å². The van der Waals surface area contributed by atoms with Crippen LogP contribution in [0.15, 0.2) is 18.2 Å². The summed E-state index contributed by atoms with van der Waals surface area (Å²) in [4.78, 5) is 12.1. The van der Waals surface area contributed by atoms with Gasteiger partial charge < -0.3 is 10.2 Å². The second kappa shape index (κ2) is 4.35. The van der Waals surface area contributed by atoms with Crippen LogP contribution in [0.4, 0.5) is 4.39 Å². The van der Waals surface area contributed by atoms with Crippen LogP contribution in [0.5, 0.6) is 11.8 Å². The molecule has 0 amide bonds. The first-order valence-electron chi connectivity index (χ1n) is 7.44. The summed E-state index contributed by atoms with van der Waals surface area (Å²) in [5.41, 5.74) is 2.18. The molecule has 0 saturated heterocycles. The van der Waals surface area contributed by atoms with Crippen molar-refractivity contribution in [3.05, 3.63) is 40.7 Å². The minimum atomic E-state index is -0.338. The zero-order valence-corrected chi connectivity index (χ0v) is 12.1. The predicted octanol–water partition coefficient (Wildman–Crippen LogP) is 3.27. The Morgan fingerprint density at radius 1 is 1.18 bits per heavy atom. The normalized spacial score (nSPS) is 22.9. The molecule has 1 fully saturated rings. The number of carbonyl (C=O) groups excluding carboxylic acids is 1. The highest BCUT2D eigenvalue weighted by molar-refractivity contribution is 5.91. The summed E-state index contributed by atoms with van der Waals surface area (Å²) in [7, 11) is 0. The number of aromatic hydroxyl groups is 2. The van der Waals surface area contributed by atoms with E-state index in [0.29, 0.717) is 28.8 Å². The van der Waals surface area contributed by atoms with Gasteiger partial charge in [-0.3, -0.25) is 9.36 Å². The minimum absolute atomic E-state index is 0.0267. The highest BCUT2D eigenvalue weighted by Gasteiger charge is 2.45. The summed E-state index contributed by atoms with van der Waals surface area (Å²) in [5, 5.41) is 21.1. The van der Waals surface area contributed by atoms with Gasteiger partial charge in [-0.1, -0.05) is 0 Å². The second-order valence-electron chi connectivity index (χ2n) is 6.24. The summed E-state index contributed by atoms with van der Waals surface area (Å²) < 4.78 is 14.8. The summed E-state index contributed by atoms with van der Waals surface area (Å²) >= 11 is 0. The molecule has 5 rings (SSSR count). The highest BCUT2D eigenvalue weighted by Crippen LogP contribution is 2.55. The first-order valence-corrected chi connectivity index (χ1v) is 7.44. The quantitative estimate of drug-likeness (QED) is 0.849. The van der Waals surface area contributed by atoms with Crippen LogP contribution in [-0.2, 0) is 4.79 Å². The molecule has 1 saturated carbocycles. The van der Waals surface area contributed by atoms with Crippen LogP contribution in [0, 0.1) is 12.7 Å². The monoisotopic (exact) mass is 301 g/mol. The number of nitrogens with zero attached hydrogens (tertiary/aromatic N) is 1. The standard InChI is InChI=1S/C17H16FNO3/c1-8-6-10(3-5-12(8)18)19-16(21)14-9-2-4-11(13(20)7-9)15(14)17(19)22/h3,5-6,9,11,21-22H,2,4,7H2,1H3/t9-,11+/m0/s1. The number of rotatable bonds is 1. The van der Waals surface area contributed by atoms with E-state index in [1.54, 1.807) is 13.0 Å². The van der Waals surface area contributed by atoms with Crippen molar-refractivity contribution in [2.24, 2.45) is 0 Å². The zero-order chi connectivity index (χ0) is 15.6. The average molecular weight is 301 g/mol. The van der Waals surface area contributed by atoms with Gasteiger partial charge in [0, 0.05) is 23.5 Å². The van der Waals surface area contributed by atoms with Crippen molar-refractivity contribution in [2.75, 3.05) is 0 Å². The Hall–Kier alpha value is -2.30. The molecular formula is C17H16FNO3. The summed E-state index contributed by atoms with van der Waals surface area (Å²) in [6.07, 6.45) is 2.00. The smallest absolute Gasteiger partial charge is 0.202 e. The van der Waals surface area contributed by atoms with Crippen LogP contribution in [0.3, 0.4) is 0 Å². The molecule has 114 valence electrons. The lowest BCUT2D eigenvalue weighted by Gasteiger charge is -2.34. The number of hydrogen-bond acceptors (Lipinski definition) is 3. The van der Waals surface area contributed by atoms with Crippen LogP contribution in [0.25, 0.3) is 5.69 Å². The molecule has 5 heteroatoms. The molecule has 3 aliphatic rings. The van der Waals surface area contributed by atoms with E-state index in [-0.39, 0.29) is 35.2 Å². The van der Waals surface area contributed by atoms with Gasteiger partial charge in [0.2, 0.25) is 11.8 Å². The van der Waals surface area contributed by atoms with E-state index < -0.39 is 0 Å². The van der Waals surface area contributed by atoms with Crippen LogP contribution >= 0.6 is 0 Å². The maximum atomic E-state index is 13.4. The molecule has 0 aliphatic heterocycles. The third kappa shape index (κ3) is 1.59. The summed E-state index contributed by atoms with van der Waals surface area (Å²) in [6, 6.07) is 4.39. The van der Waals surface area contributed by atoms with Crippen molar-refractivity contribution in [2.45, 2.75) is 38.0 Å². The van der Waals surface area contributed by atoms with Crippen LogP contribution in [0.1, 0.15) is 47.8 Å². The van der Waals surface area contributed by atoms with Gasteiger partial charge in [-0.2, -0.15) is 0 Å². The minimum Gasteiger partial charge on any atom is -0.494 e. The van der Waals surface area contributed by atoms with Crippen LogP contribution in [-0.4, -0.2) is 20.6 Å². The Labute approximate surface area is 126 Å². The number of hydrogen-bond donors (Lipinski definition) is 2. The van der Waals surface area contributed by atoms with Crippen molar-refractivity contribution < 1.29 is 19.4 Å². The highest BCUT2D eigenvalue weighted by atomic mass is 19.1. The number of fused-ring (bicyclic) bond motifs is 2. The predicted molar refractivity (Wildman–Crippen MR) is 78.1 cm³/mol. The van der Waals surface area contributed by atoms with E-state index >= 15 is 0 Å². The van der Waals surface area contributed by atoms with Gasteiger partial charge in [0.15, 0.2) is 0 Å². The van der Waals surface area contributed by atoms with E-state index in [1.165, 1.54) is 16.7 Å². The van der Waals surface area contributed by atoms with Crippen molar-refractivity contribution in [1.82, 2.24) is 4.57 Å². The Morgan fingerprint density at radius 2 is 1.91 bits per heavy atom.